The minimum atomic E-state index is -3.31. The van der Waals surface area contributed by atoms with E-state index in [1.807, 2.05) is 25.9 Å². The lowest BCUT2D eigenvalue weighted by atomic mass is 10.4. The van der Waals surface area contributed by atoms with Crippen LogP contribution in [0.3, 0.4) is 0 Å². The maximum Gasteiger partial charge on any atom is 0.281 e. The van der Waals surface area contributed by atoms with Crippen LogP contribution in [0.1, 0.15) is 13.3 Å². The average Bonchev–Trinajstić information content (AvgIpc) is 2.30. The quantitative estimate of drug-likeness (QED) is 0.556. The molecular weight excluding hydrogens is 252 g/mol. The highest BCUT2D eigenvalue weighted by atomic mass is 32.2. The molecule has 0 aromatic rings. The van der Waals surface area contributed by atoms with Crippen molar-refractivity contribution in [1.29, 1.82) is 0 Å². The van der Waals surface area contributed by atoms with Crippen LogP contribution in [0.4, 0.5) is 0 Å². The monoisotopic (exact) mass is 280 g/mol. The zero-order valence-electron chi connectivity index (χ0n) is 12.3. The molecule has 0 amide bonds. The molecule has 0 unspecified atom stereocenters. The predicted molar refractivity (Wildman–Crippen MR) is 75.9 cm³/mol. The lowest BCUT2D eigenvalue weighted by Gasteiger charge is -2.25. The van der Waals surface area contributed by atoms with E-state index in [1.54, 1.807) is 14.1 Å². The van der Waals surface area contributed by atoms with Crippen LogP contribution >= 0.6 is 0 Å². The Morgan fingerprint density at radius 3 is 2.00 bits per heavy atom. The van der Waals surface area contributed by atoms with Crippen LogP contribution in [0.2, 0.25) is 0 Å². The van der Waals surface area contributed by atoms with Crippen molar-refractivity contribution in [2.75, 3.05) is 60.9 Å². The van der Waals surface area contributed by atoms with Crippen LogP contribution in [0.15, 0.2) is 0 Å². The van der Waals surface area contributed by atoms with Gasteiger partial charge in [0.25, 0.3) is 10.2 Å². The van der Waals surface area contributed by atoms with Crippen molar-refractivity contribution in [3.05, 3.63) is 0 Å². The van der Waals surface area contributed by atoms with Gasteiger partial charge in [-0.25, -0.2) is 0 Å². The van der Waals surface area contributed by atoms with E-state index in [2.05, 4.69) is 5.32 Å². The molecular formula is C11H28N4O2S. The molecule has 0 spiro atoms. The van der Waals surface area contributed by atoms with Crippen molar-refractivity contribution < 1.29 is 8.42 Å². The molecule has 0 saturated heterocycles. The summed E-state index contributed by atoms with van der Waals surface area (Å²) < 4.78 is 27.1. The standard InChI is InChI=1S/C11H28N4O2S/c1-6-12-8-7-9-14(4)18(16,17)15(5)11-10-13(2)3/h12H,6-11H2,1-5H3. The van der Waals surface area contributed by atoms with E-state index in [9.17, 15) is 8.42 Å². The van der Waals surface area contributed by atoms with Crippen molar-refractivity contribution in [2.24, 2.45) is 0 Å². The fraction of sp³-hybridized carbons (Fsp3) is 1.00. The van der Waals surface area contributed by atoms with Gasteiger partial charge in [0.05, 0.1) is 0 Å². The fourth-order valence-electron chi connectivity index (χ4n) is 1.41. The summed E-state index contributed by atoms with van der Waals surface area (Å²) in [6, 6.07) is 0. The zero-order chi connectivity index (χ0) is 14.2. The number of nitrogens with one attached hydrogen (secondary N) is 1. The average molecular weight is 280 g/mol. The Kier molecular flexibility index (Phi) is 8.71. The Morgan fingerprint density at radius 1 is 0.944 bits per heavy atom. The molecule has 0 aliphatic carbocycles. The summed E-state index contributed by atoms with van der Waals surface area (Å²) in [5, 5.41) is 3.18. The number of likely N-dealkylation sites (N-methyl/N-ethyl adjacent to an activating group) is 2. The lowest BCUT2D eigenvalue weighted by molar-refractivity contribution is 0.337. The minimum absolute atomic E-state index is 0.507. The van der Waals surface area contributed by atoms with Crippen LogP contribution in [0.25, 0.3) is 0 Å². The van der Waals surface area contributed by atoms with Crippen molar-refractivity contribution in [1.82, 2.24) is 18.8 Å². The molecule has 0 rings (SSSR count). The van der Waals surface area contributed by atoms with Crippen LogP contribution in [-0.2, 0) is 10.2 Å². The van der Waals surface area contributed by atoms with E-state index in [4.69, 9.17) is 0 Å². The van der Waals surface area contributed by atoms with Gasteiger partial charge in [-0.1, -0.05) is 6.92 Å². The van der Waals surface area contributed by atoms with E-state index in [0.29, 0.717) is 13.1 Å². The Balaban J connectivity index is 4.16. The maximum atomic E-state index is 12.1. The molecule has 0 heterocycles. The molecule has 0 radical (unpaired) electrons. The molecule has 0 atom stereocenters. The van der Waals surface area contributed by atoms with Gasteiger partial charge in [-0.05, 0) is 33.6 Å². The summed E-state index contributed by atoms with van der Waals surface area (Å²) in [6.07, 6.45) is 0.824. The molecule has 0 aromatic carbocycles. The van der Waals surface area contributed by atoms with Gasteiger partial charge in [0.2, 0.25) is 0 Å². The Morgan fingerprint density at radius 2 is 1.50 bits per heavy atom. The molecule has 0 fully saturated rings. The van der Waals surface area contributed by atoms with E-state index in [-0.39, 0.29) is 0 Å². The van der Waals surface area contributed by atoms with Gasteiger partial charge < -0.3 is 10.2 Å². The van der Waals surface area contributed by atoms with Gasteiger partial charge in [-0.2, -0.15) is 17.0 Å². The molecule has 0 aliphatic heterocycles. The SMILES string of the molecule is CCNCCCN(C)S(=O)(=O)N(C)CCN(C)C. The van der Waals surface area contributed by atoms with E-state index >= 15 is 0 Å². The summed E-state index contributed by atoms with van der Waals surface area (Å²) in [5.41, 5.74) is 0. The van der Waals surface area contributed by atoms with E-state index < -0.39 is 10.2 Å². The molecule has 110 valence electrons. The molecule has 0 aliphatic rings. The van der Waals surface area contributed by atoms with Crippen molar-refractivity contribution in [3.63, 3.8) is 0 Å². The summed E-state index contributed by atoms with van der Waals surface area (Å²) >= 11 is 0. The Bertz CT molecular complexity index is 306. The number of nitrogens with zero attached hydrogens (tertiary/aromatic N) is 3. The van der Waals surface area contributed by atoms with Gasteiger partial charge >= 0.3 is 0 Å². The Labute approximate surface area is 112 Å². The largest absolute Gasteiger partial charge is 0.317 e. The molecule has 0 bridgehead atoms. The molecule has 0 saturated carbocycles. The highest BCUT2D eigenvalue weighted by molar-refractivity contribution is 7.86. The third kappa shape index (κ3) is 6.65. The van der Waals surface area contributed by atoms with Crippen LogP contribution in [0.5, 0.6) is 0 Å². The lowest BCUT2D eigenvalue weighted by Crippen LogP contribution is -2.43. The van der Waals surface area contributed by atoms with Crippen molar-refractivity contribution in [3.8, 4) is 0 Å². The second kappa shape index (κ2) is 8.82. The zero-order valence-corrected chi connectivity index (χ0v) is 13.1. The summed E-state index contributed by atoms with van der Waals surface area (Å²) in [5.74, 6) is 0. The second-order valence-corrected chi connectivity index (χ2v) is 6.80. The molecule has 1 N–H and O–H groups in total. The number of hydrogen-bond donors (Lipinski definition) is 1. The maximum absolute atomic E-state index is 12.1. The summed E-state index contributed by atoms with van der Waals surface area (Å²) in [4.78, 5) is 1.97. The molecule has 6 nitrogen and oxygen atoms in total. The van der Waals surface area contributed by atoms with Crippen LogP contribution in [-0.4, -0.2) is 82.8 Å². The first-order valence-corrected chi connectivity index (χ1v) is 7.75. The third-order valence-electron chi connectivity index (χ3n) is 2.73. The second-order valence-electron chi connectivity index (χ2n) is 4.66. The molecule has 18 heavy (non-hydrogen) atoms. The normalized spacial score (nSPS) is 12.9. The van der Waals surface area contributed by atoms with Crippen LogP contribution in [0, 0.1) is 0 Å². The smallest absolute Gasteiger partial charge is 0.281 e. The first-order chi connectivity index (χ1) is 8.32. The third-order valence-corrected chi connectivity index (χ3v) is 4.67. The number of hydrogen-bond acceptors (Lipinski definition) is 4. The Hall–Kier alpha value is -0.210. The minimum Gasteiger partial charge on any atom is -0.317 e. The molecule has 7 heteroatoms. The summed E-state index contributed by atoms with van der Waals surface area (Å²) in [7, 11) is 3.81. The van der Waals surface area contributed by atoms with Crippen molar-refractivity contribution in [2.45, 2.75) is 13.3 Å². The van der Waals surface area contributed by atoms with Gasteiger partial charge in [0.1, 0.15) is 0 Å². The predicted octanol–water partition coefficient (Wildman–Crippen LogP) is -0.344. The first kappa shape index (κ1) is 17.8. The van der Waals surface area contributed by atoms with Gasteiger partial charge in [0, 0.05) is 33.7 Å². The number of rotatable bonds is 10. The summed E-state index contributed by atoms with van der Waals surface area (Å²) in [6.45, 7) is 5.57. The molecule has 0 aromatic heterocycles. The van der Waals surface area contributed by atoms with E-state index in [1.165, 1.54) is 8.61 Å². The van der Waals surface area contributed by atoms with Gasteiger partial charge in [-0.3, -0.25) is 0 Å². The van der Waals surface area contributed by atoms with Gasteiger partial charge in [0.15, 0.2) is 0 Å². The fourth-order valence-corrected chi connectivity index (χ4v) is 2.56. The topological polar surface area (TPSA) is 55.9 Å². The highest BCUT2D eigenvalue weighted by Gasteiger charge is 2.22. The van der Waals surface area contributed by atoms with E-state index in [0.717, 1.165) is 26.1 Å². The van der Waals surface area contributed by atoms with Gasteiger partial charge in [-0.15, -0.1) is 0 Å². The van der Waals surface area contributed by atoms with Crippen molar-refractivity contribution >= 4 is 10.2 Å². The van der Waals surface area contributed by atoms with Crippen LogP contribution < -0.4 is 5.32 Å². The highest BCUT2D eigenvalue weighted by Crippen LogP contribution is 2.04. The first-order valence-electron chi connectivity index (χ1n) is 6.35.